The highest BCUT2D eigenvalue weighted by Crippen LogP contribution is 2.36. The van der Waals surface area contributed by atoms with E-state index in [0.29, 0.717) is 30.3 Å². The topological polar surface area (TPSA) is 70.8 Å². The monoisotopic (exact) mass is 456 g/mol. The van der Waals surface area contributed by atoms with Gasteiger partial charge in [0.15, 0.2) is 11.6 Å². The van der Waals surface area contributed by atoms with Gasteiger partial charge < -0.3 is 20.3 Å². The van der Waals surface area contributed by atoms with E-state index < -0.39 is 0 Å². The summed E-state index contributed by atoms with van der Waals surface area (Å²) in [7, 11) is 2.17. The van der Waals surface area contributed by atoms with E-state index >= 15 is 0 Å². The van der Waals surface area contributed by atoms with Gasteiger partial charge in [0.25, 0.3) is 0 Å². The number of likely N-dealkylation sites (N-methyl/N-ethyl adjacent to an activating group) is 1. The molecule has 0 radical (unpaired) electrons. The van der Waals surface area contributed by atoms with Gasteiger partial charge in [0.2, 0.25) is 0 Å². The zero-order valence-corrected chi connectivity index (χ0v) is 19.4. The first-order valence-corrected chi connectivity index (χ1v) is 11.9. The molecule has 2 N–H and O–H groups in total. The molecular weight excluding hydrogens is 427 g/mol. The fourth-order valence-corrected chi connectivity index (χ4v) is 5.47. The molecule has 0 bridgehead atoms. The highest BCUT2D eigenvalue weighted by atomic mass is 32.1. The molecule has 7 nitrogen and oxygen atoms in total. The second kappa shape index (κ2) is 8.90. The number of anilines is 2. The summed E-state index contributed by atoms with van der Waals surface area (Å²) in [5.74, 6) is 1.05. The van der Waals surface area contributed by atoms with Crippen LogP contribution >= 0.6 is 11.3 Å². The molecule has 9 heteroatoms. The molecule has 5 rings (SSSR count). The highest BCUT2D eigenvalue weighted by molar-refractivity contribution is 7.19. The fourth-order valence-electron chi connectivity index (χ4n) is 4.31. The molecule has 3 aromatic rings. The number of morpholine rings is 1. The van der Waals surface area contributed by atoms with Gasteiger partial charge in [-0.1, -0.05) is 0 Å². The van der Waals surface area contributed by atoms with Crippen LogP contribution in [0.3, 0.4) is 0 Å². The van der Waals surface area contributed by atoms with Crippen molar-refractivity contribution in [1.82, 2.24) is 19.8 Å². The minimum Gasteiger partial charge on any atom is -0.398 e. The number of nitrogen functional groups attached to an aromatic ring is 1. The first kappa shape index (κ1) is 21.5. The Morgan fingerprint density at radius 1 is 1.06 bits per heavy atom. The molecule has 0 saturated carbocycles. The van der Waals surface area contributed by atoms with E-state index in [2.05, 4.69) is 27.8 Å². The molecule has 32 heavy (non-hydrogen) atoms. The van der Waals surface area contributed by atoms with Gasteiger partial charge >= 0.3 is 0 Å². The Morgan fingerprint density at radius 3 is 2.56 bits per heavy atom. The van der Waals surface area contributed by atoms with Crippen LogP contribution < -0.4 is 10.6 Å². The van der Waals surface area contributed by atoms with Gasteiger partial charge in [-0.05, 0) is 37.7 Å². The van der Waals surface area contributed by atoms with Crippen molar-refractivity contribution in [1.29, 1.82) is 0 Å². The average Bonchev–Trinajstić information content (AvgIpc) is 3.20. The van der Waals surface area contributed by atoms with Gasteiger partial charge in [-0.15, -0.1) is 11.3 Å². The normalized spacial score (nSPS) is 18.5. The third-order valence-corrected chi connectivity index (χ3v) is 7.45. The molecule has 170 valence electrons. The number of hydrogen-bond acceptors (Lipinski definition) is 8. The van der Waals surface area contributed by atoms with Crippen molar-refractivity contribution >= 4 is 33.1 Å². The highest BCUT2D eigenvalue weighted by Gasteiger charge is 2.22. The lowest BCUT2D eigenvalue weighted by molar-refractivity contribution is 0.122. The summed E-state index contributed by atoms with van der Waals surface area (Å²) < 4.78 is 20.8. The Kier molecular flexibility index (Phi) is 5.98. The van der Waals surface area contributed by atoms with Crippen LogP contribution in [0, 0.1) is 12.7 Å². The molecule has 0 atom stereocenters. The quantitative estimate of drug-likeness (QED) is 0.605. The number of piperazine rings is 1. The molecule has 2 aliphatic rings. The van der Waals surface area contributed by atoms with Crippen molar-refractivity contribution in [2.45, 2.75) is 13.5 Å². The number of thiophene rings is 1. The Balaban J connectivity index is 1.57. The number of aromatic nitrogens is 2. The lowest BCUT2D eigenvalue weighted by Gasteiger charge is -2.31. The molecule has 2 fully saturated rings. The van der Waals surface area contributed by atoms with Crippen LogP contribution in [0.2, 0.25) is 0 Å². The van der Waals surface area contributed by atoms with Crippen molar-refractivity contribution < 1.29 is 9.13 Å². The van der Waals surface area contributed by atoms with E-state index in [1.54, 1.807) is 11.3 Å². The average molecular weight is 457 g/mol. The predicted octanol–water partition coefficient (Wildman–Crippen LogP) is 2.97. The van der Waals surface area contributed by atoms with Gasteiger partial charge in [-0.2, -0.15) is 0 Å². The number of benzene rings is 1. The van der Waals surface area contributed by atoms with Gasteiger partial charge in [0.05, 0.1) is 23.4 Å². The number of fused-ring (bicyclic) bond motifs is 1. The standard InChI is InChI=1S/C23H29FN6OS/c1-15-18(11-16(24)12-19(15)25)22-26-20-13-17(14-29-5-3-28(2)4-6-29)32-21(20)23(27-22)30-7-9-31-10-8-30/h11-13H,3-10,14,25H2,1-2H3. The van der Waals surface area contributed by atoms with Crippen LogP contribution in [0.25, 0.3) is 21.6 Å². The first-order valence-electron chi connectivity index (χ1n) is 11.1. The number of nitrogens with zero attached hydrogens (tertiary/aromatic N) is 5. The minimum atomic E-state index is -0.374. The molecule has 0 spiro atoms. The lowest BCUT2D eigenvalue weighted by atomic mass is 10.1. The van der Waals surface area contributed by atoms with Crippen LogP contribution in [0.1, 0.15) is 10.4 Å². The molecule has 0 unspecified atom stereocenters. The van der Waals surface area contributed by atoms with Crippen molar-refractivity contribution in [2.75, 3.05) is 70.2 Å². The van der Waals surface area contributed by atoms with Crippen molar-refractivity contribution in [2.24, 2.45) is 0 Å². The number of hydrogen-bond donors (Lipinski definition) is 1. The van der Waals surface area contributed by atoms with E-state index in [4.69, 9.17) is 20.4 Å². The Bertz CT molecular complexity index is 1120. The number of halogens is 1. The zero-order chi connectivity index (χ0) is 22.2. The van der Waals surface area contributed by atoms with Crippen LogP contribution in [0.4, 0.5) is 15.9 Å². The van der Waals surface area contributed by atoms with E-state index in [9.17, 15) is 4.39 Å². The minimum absolute atomic E-state index is 0.374. The molecule has 1 aromatic carbocycles. The smallest absolute Gasteiger partial charge is 0.162 e. The fraction of sp³-hybridized carbons (Fsp3) is 0.478. The molecule has 2 aromatic heterocycles. The number of ether oxygens (including phenoxy) is 1. The van der Waals surface area contributed by atoms with Crippen molar-refractivity contribution in [3.63, 3.8) is 0 Å². The second-order valence-electron chi connectivity index (χ2n) is 8.64. The summed E-state index contributed by atoms with van der Waals surface area (Å²) in [6.45, 7) is 10.0. The predicted molar refractivity (Wildman–Crippen MR) is 128 cm³/mol. The van der Waals surface area contributed by atoms with E-state index in [1.165, 1.54) is 17.0 Å². The summed E-state index contributed by atoms with van der Waals surface area (Å²) in [4.78, 5) is 18.2. The summed E-state index contributed by atoms with van der Waals surface area (Å²) in [5, 5.41) is 0. The largest absolute Gasteiger partial charge is 0.398 e. The third-order valence-electron chi connectivity index (χ3n) is 6.34. The van der Waals surface area contributed by atoms with Crippen LogP contribution in [-0.2, 0) is 11.3 Å². The summed E-state index contributed by atoms with van der Waals surface area (Å²) >= 11 is 1.76. The molecule has 2 saturated heterocycles. The van der Waals surface area contributed by atoms with Crippen molar-refractivity contribution in [3.8, 4) is 11.4 Å². The molecule has 0 amide bonds. The van der Waals surface area contributed by atoms with Gasteiger partial charge in [0, 0.05) is 61.9 Å². The summed E-state index contributed by atoms with van der Waals surface area (Å²) in [5.41, 5.74) is 8.81. The Labute approximate surface area is 191 Å². The molecule has 4 heterocycles. The van der Waals surface area contributed by atoms with E-state index in [-0.39, 0.29) is 5.82 Å². The Morgan fingerprint density at radius 2 is 1.81 bits per heavy atom. The van der Waals surface area contributed by atoms with E-state index in [0.717, 1.165) is 67.4 Å². The second-order valence-corrected chi connectivity index (χ2v) is 9.78. The summed E-state index contributed by atoms with van der Waals surface area (Å²) in [6.07, 6.45) is 0. The maximum Gasteiger partial charge on any atom is 0.162 e. The van der Waals surface area contributed by atoms with E-state index in [1.807, 2.05) is 6.92 Å². The van der Waals surface area contributed by atoms with Crippen LogP contribution in [-0.4, -0.2) is 79.3 Å². The van der Waals surface area contributed by atoms with Gasteiger partial charge in [0.1, 0.15) is 5.82 Å². The summed E-state index contributed by atoms with van der Waals surface area (Å²) in [6, 6.07) is 5.00. The Hall–Kier alpha value is -2.33. The van der Waals surface area contributed by atoms with Gasteiger partial charge in [-0.3, -0.25) is 4.90 Å². The van der Waals surface area contributed by atoms with Crippen molar-refractivity contribution in [3.05, 3.63) is 34.5 Å². The van der Waals surface area contributed by atoms with Crippen LogP contribution in [0.15, 0.2) is 18.2 Å². The molecule has 2 aliphatic heterocycles. The van der Waals surface area contributed by atoms with Crippen LogP contribution in [0.5, 0.6) is 0 Å². The maximum atomic E-state index is 14.2. The molecule has 0 aliphatic carbocycles. The SMILES string of the molecule is Cc1c(N)cc(F)cc1-c1nc(N2CCOCC2)c2sc(CN3CCN(C)CC3)cc2n1. The molecular formula is C23H29FN6OS. The van der Waals surface area contributed by atoms with Gasteiger partial charge in [-0.25, -0.2) is 14.4 Å². The number of rotatable bonds is 4. The lowest BCUT2D eigenvalue weighted by Crippen LogP contribution is -2.43. The first-order chi connectivity index (χ1) is 15.5. The third kappa shape index (κ3) is 4.30. The maximum absolute atomic E-state index is 14.2. The zero-order valence-electron chi connectivity index (χ0n) is 18.6. The number of nitrogens with two attached hydrogens (primary N) is 1.